The topological polar surface area (TPSA) is 37.4 Å². The zero-order chi connectivity index (χ0) is 16.2. The Kier molecular flexibility index (Phi) is 6.88. The van der Waals surface area contributed by atoms with E-state index in [0.717, 1.165) is 34.9 Å². The van der Waals surface area contributed by atoms with Gasteiger partial charge in [-0.05, 0) is 58.6 Å². The lowest BCUT2D eigenvalue weighted by molar-refractivity contribution is 0.348. The Hall–Kier alpha value is -0.390. The Labute approximate surface area is 137 Å². The summed E-state index contributed by atoms with van der Waals surface area (Å²) >= 11 is 3.40. The second kappa shape index (κ2) is 7.75. The lowest BCUT2D eigenvalue weighted by Crippen LogP contribution is -2.38. The molecule has 0 heterocycles. The summed E-state index contributed by atoms with van der Waals surface area (Å²) in [5, 5.41) is 0.904. The number of sulfonamides is 1. The van der Waals surface area contributed by atoms with Gasteiger partial charge >= 0.3 is 0 Å². The van der Waals surface area contributed by atoms with Crippen LogP contribution in [0.25, 0.3) is 0 Å². The summed E-state index contributed by atoms with van der Waals surface area (Å²) in [4.78, 5) is 0.473. The minimum atomic E-state index is -3.44. The van der Waals surface area contributed by atoms with Crippen molar-refractivity contribution in [3.05, 3.63) is 28.8 Å². The first-order valence-electron chi connectivity index (χ1n) is 7.37. The van der Waals surface area contributed by atoms with E-state index in [1.165, 1.54) is 0 Å². The number of unbranched alkanes of at least 4 members (excludes halogenated alkanes) is 1. The number of aryl methyl sites for hydroxylation is 3. The fraction of sp³-hybridized carbons (Fsp3) is 0.625. The summed E-state index contributed by atoms with van der Waals surface area (Å²) < 4.78 is 27.7. The van der Waals surface area contributed by atoms with Gasteiger partial charge in [0.15, 0.2) is 0 Å². The van der Waals surface area contributed by atoms with E-state index in [1.54, 1.807) is 4.31 Å². The lowest BCUT2D eigenvalue weighted by atomic mass is 10.1. The van der Waals surface area contributed by atoms with Crippen molar-refractivity contribution in [1.82, 2.24) is 4.31 Å². The molecule has 5 heteroatoms. The fourth-order valence-electron chi connectivity index (χ4n) is 2.71. The van der Waals surface area contributed by atoms with Gasteiger partial charge in [0.05, 0.1) is 4.90 Å². The van der Waals surface area contributed by atoms with Crippen molar-refractivity contribution in [3.8, 4) is 0 Å². The monoisotopic (exact) mass is 375 g/mol. The number of nitrogens with zero attached hydrogens (tertiary/aromatic N) is 1. The van der Waals surface area contributed by atoms with Crippen LogP contribution in [0.15, 0.2) is 17.0 Å². The smallest absolute Gasteiger partial charge is 0.207 e. The van der Waals surface area contributed by atoms with E-state index in [4.69, 9.17) is 0 Å². The molecule has 0 bridgehead atoms. The average molecular weight is 376 g/mol. The molecule has 0 atom stereocenters. The van der Waals surface area contributed by atoms with E-state index in [0.29, 0.717) is 11.4 Å². The van der Waals surface area contributed by atoms with Crippen molar-refractivity contribution >= 4 is 26.0 Å². The molecule has 0 N–H and O–H groups in total. The van der Waals surface area contributed by atoms with Gasteiger partial charge in [0.1, 0.15) is 0 Å². The van der Waals surface area contributed by atoms with Crippen LogP contribution >= 0.6 is 15.9 Å². The summed E-state index contributed by atoms with van der Waals surface area (Å²) in [6.45, 7) is 10.2. The van der Waals surface area contributed by atoms with E-state index < -0.39 is 10.0 Å². The fourth-order valence-corrected chi connectivity index (χ4v) is 5.20. The number of hydrogen-bond acceptors (Lipinski definition) is 2. The summed E-state index contributed by atoms with van der Waals surface area (Å²) in [6.07, 6.45) is 1.84. The van der Waals surface area contributed by atoms with Gasteiger partial charge < -0.3 is 0 Å². The Balaban J connectivity index is 3.23. The molecule has 0 unspecified atom stereocenters. The second-order valence-corrected chi connectivity index (χ2v) is 8.45. The number of benzene rings is 1. The van der Waals surface area contributed by atoms with Crippen molar-refractivity contribution in [2.45, 2.75) is 58.4 Å². The van der Waals surface area contributed by atoms with Crippen molar-refractivity contribution in [2.24, 2.45) is 0 Å². The van der Waals surface area contributed by atoms with Gasteiger partial charge in [-0.3, -0.25) is 0 Å². The quantitative estimate of drug-likeness (QED) is 0.529. The average Bonchev–Trinajstić information content (AvgIpc) is 2.31. The molecule has 0 fully saturated rings. The molecule has 0 aromatic heterocycles. The maximum absolute atomic E-state index is 13.0. The van der Waals surface area contributed by atoms with Gasteiger partial charge in [-0.2, -0.15) is 4.31 Å². The van der Waals surface area contributed by atoms with Crippen LogP contribution in [0.2, 0.25) is 0 Å². The molecule has 1 aromatic carbocycles. The lowest BCUT2D eigenvalue weighted by Gasteiger charge is -2.27. The molecule has 0 saturated heterocycles. The van der Waals surface area contributed by atoms with Crippen LogP contribution in [-0.4, -0.2) is 30.6 Å². The van der Waals surface area contributed by atoms with Crippen molar-refractivity contribution < 1.29 is 8.42 Å². The third kappa shape index (κ3) is 4.54. The predicted molar refractivity (Wildman–Crippen MR) is 92.7 cm³/mol. The number of hydrogen-bond donors (Lipinski definition) is 0. The highest BCUT2D eigenvalue weighted by molar-refractivity contribution is 9.09. The first-order chi connectivity index (χ1) is 9.71. The molecule has 1 aromatic rings. The molecule has 120 valence electrons. The summed E-state index contributed by atoms with van der Waals surface area (Å²) in [5.41, 5.74) is 2.76. The molecule has 1 rings (SSSR count). The van der Waals surface area contributed by atoms with E-state index in [9.17, 15) is 8.42 Å². The van der Waals surface area contributed by atoms with Crippen LogP contribution in [0, 0.1) is 20.8 Å². The zero-order valence-corrected chi connectivity index (χ0v) is 16.0. The van der Waals surface area contributed by atoms with Crippen LogP contribution in [0.5, 0.6) is 0 Å². The van der Waals surface area contributed by atoms with Gasteiger partial charge in [0.2, 0.25) is 10.0 Å². The Morgan fingerprint density at radius 2 is 1.62 bits per heavy atom. The predicted octanol–water partition coefficient (Wildman–Crippen LogP) is 4.19. The van der Waals surface area contributed by atoms with Crippen LogP contribution in [0.1, 0.15) is 43.4 Å². The van der Waals surface area contributed by atoms with Gasteiger partial charge in [-0.15, -0.1) is 0 Å². The highest BCUT2D eigenvalue weighted by Crippen LogP contribution is 2.26. The van der Waals surface area contributed by atoms with Crippen molar-refractivity contribution in [1.29, 1.82) is 0 Å². The van der Waals surface area contributed by atoms with Gasteiger partial charge in [-0.25, -0.2) is 8.42 Å². The van der Waals surface area contributed by atoms with E-state index in [2.05, 4.69) is 15.9 Å². The van der Waals surface area contributed by atoms with E-state index in [-0.39, 0.29) is 6.04 Å². The van der Waals surface area contributed by atoms with E-state index >= 15 is 0 Å². The van der Waals surface area contributed by atoms with Crippen LogP contribution < -0.4 is 0 Å². The van der Waals surface area contributed by atoms with E-state index in [1.807, 2.05) is 46.8 Å². The zero-order valence-electron chi connectivity index (χ0n) is 13.6. The SMILES string of the molecule is Cc1cc(C)c(S(=O)(=O)N(CCCCBr)C(C)C)c(C)c1. The first kappa shape index (κ1) is 18.7. The van der Waals surface area contributed by atoms with Crippen LogP contribution in [0.4, 0.5) is 0 Å². The maximum atomic E-state index is 13.0. The summed E-state index contributed by atoms with van der Waals surface area (Å²) in [5.74, 6) is 0. The Bertz CT molecular complexity index is 559. The van der Waals surface area contributed by atoms with Gasteiger partial charge in [-0.1, -0.05) is 33.6 Å². The molecule has 0 aliphatic carbocycles. The van der Waals surface area contributed by atoms with Crippen LogP contribution in [-0.2, 0) is 10.0 Å². The number of halogens is 1. The highest BCUT2D eigenvalue weighted by Gasteiger charge is 2.29. The largest absolute Gasteiger partial charge is 0.243 e. The highest BCUT2D eigenvalue weighted by atomic mass is 79.9. The van der Waals surface area contributed by atoms with Gasteiger partial charge in [0, 0.05) is 17.9 Å². The normalized spacial score (nSPS) is 12.4. The molecule has 0 aliphatic heterocycles. The molecule has 0 radical (unpaired) electrons. The van der Waals surface area contributed by atoms with Gasteiger partial charge in [0.25, 0.3) is 0 Å². The third-order valence-electron chi connectivity index (χ3n) is 3.51. The molecule has 0 amide bonds. The number of alkyl halides is 1. The van der Waals surface area contributed by atoms with Crippen molar-refractivity contribution in [3.63, 3.8) is 0 Å². The molecule has 0 saturated carbocycles. The maximum Gasteiger partial charge on any atom is 0.243 e. The minimum absolute atomic E-state index is 0.0366. The Morgan fingerprint density at radius 3 is 2.05 bits per heavy atom. The molecule has 0 aliphatic rings. The standard InChI is InChI=1S/C16H26BrNO2S/c1-12(2)18(9-7-6-8-17)21(19,20)16-14(4)10-13(3)11-15(16)5/h10-12H,6-9H2,1-5H3. The molecule has 3 nitrogen and oxygen atoms in total. The Morgan fingerprint density at radius 1 is 1.10 bits per heavy atom. The van der Waals surface area contributed by atoms with Crippen LogP contribution in [0.3, 0.4) is 0 Å². The number of rotatable bonds is 7. The summed E-state index contributed by atoms with van der Waals surface area (Å²) in [6, 6.07) is 3.85. The molecule has 0 spiro atoms. The molecular formula is C16H26BrNO2S. The second-order valence-electron chi connectivity index (χ2n) is 5.83. The summed E-state index contributed by atoms with van der Waals surface area (Å²) in [7, 11) is -3.44. The first-order valence-corrected chi connectivity index (χ1v) is 9.93. The molecule has 21 heavy (non-hydrogen) atoms. The minimum Gasteiger partial charge on any atom is -0.207 e. The third-order valence-corrected chi connectivity index (χ3v) is 6.45. The molecular weight excluding hydrogens is 350 g/mol. The van der Waals surface area contributed by atoms with Crippen molar-refractivity contribution in [2.75, 3.05) is 11.9 Å².